The Bertz CT molecular complexity index is 321. The Kier molecular flexibility index (Phi) is 2.98. The molecule has 0 amide bonds. The zero-order chi connectivity index (χ0) is 10.8. The zero-order valence-electron chi connectivity index (χ0n) is 9.69. The summed E-state index contributed by atoms with van der Waals surface area (Å²) in [5.41, 5.74) is 0. The van der Waals surface area contributed by atoms with Crippen LogP contribution in [0.3, 0.4) is 0 Å². The molecule has 3 rings (SSSR count). The summed E-state index contributed by atoms with van der Waals surface area (Å²) in [6.07, 6.45) is 7.24. The number of furan rings is 1. The van der Waals surface area contributed by atoms with Gasteiger partial charge in [0, 0.05) is 25.2 Å². The number of piperazine rings is 1. The van der Waals surface area contributed by atoms with Crippen molar-refractivity contribution in [2.45, 2.75) is 44.3 Å². The molecule has 3 nitrogen and oxygen atoms in total. The molecule has 1 saturated carbocycles. The minimum Gasteiger partial charge on any atom is -0.468 e. The lowest BCUT2D eigenvalue weighted by Gasteiger charge is -2.44. The molecule has 88 valence electrons. The largest absolute Gasteiger partial charge is 0.468 e. The van der Waals surface area contributed by atoms with Crippen LogP contribution in [0.1, 0.15) is 31.4 Å². The fourth-order valence-electron chi connectivity index (χ4n) is 3.14. The van der Waals surface area contributed by atoms with Crippen LogP contribution < -0.4 is 5.32 Å². The predicted octanol–water partition coefficient (Wildman–Crippen LogP) is 2.00. The van der Waals surface area contributed by atoms with Crippen molar-refractivity contribution in [3.05, 3.63) is 24.2 Å². The quantitative estimate of drug-likeness (QED) is 0.826. The SMILES string of the molecule is c1coc(CN2CCN[C@H]3CCCC[C@H]32)c1. The Labute approximate surface area is 96.8 Å². The Morgan fingerprint density at radius 3 is 3.19 bits per heavy atom. The Hall–Kier alpha value is -0.800. The van der Waals surface area contributed by atoms with Gasteiger partial charge in [0.25, 0.3) is 0 Å². The topological polar surface area (TPSA) is 28.4 Å². The van der Waals surface area contributed by atoms with Gasteiger partial charge in [0.2, 0.25) is 0 Å². The smallest absolute Gasteiger partial charge is 0.117 e. The van der Waals surface area contributed by atoms with Crippen LogP contribution in [0.4, 0.5) is 0 Å². The third kappa shape index (κ3) is 2.02. The fraction of sp³-hybridized carbons (Fsp3) is 0.692. The minimum absolute atomic E-state index is 0.720. The molecule has 1 aromatic heterocycles. The second-order valence-electron chi connectivity index (χ2n) is 4.96. The normalized spacial score (nSPS) is 31.2. The Morgan fingerprint density at radius 2 is 2.31 bits per heavy atom. The summed E-state index contributed by atoms with van der Waals surface area (Å²) >= 11 is 0. The van der Waals surface area contributed by atoms with E-state index in [1.807, 2.05) is 6.07 Å². The molecule has 2 heterocycles. The van der Waals surface area contributed by atoms with Gasteiger partial charge in [-0.05, 0) is 25.0 Å². The first-order valence-electron chi connectivity index (χ1n) is 6.43. The highest BCUT2D eigenvalue weighted by atomic mass is 16.3. The number of nitrogens with zero attached hydrogens (tertiary/aromatic N) is 1. The third-order valence-electron chi connectivity index (χ3n) is 3.94. The fourth-order valence-corrected chi connectivity index (χ4v) is 3.14. The molecule has 1 N–H and O–H groups in total. The summed E-state index contributed by atoms with van der Waals surface area (Å²) < 4.78 is 5.45. The van der Waals surface area contributed by atoms with E-state index in [0.717, 1.165) is 37.5 Å². The monoisotopic (exact) mass is 220 g/mol. The summed E-state index contributed by atoms with van der Waals surface area (Å²) in [5.74, 6) is 1.10. The molecular formula is C13H20N2O. The highest BCUT2D eigenvalue weighted by molar-refractivity contribution is 5.01. The second kappa shape index (κ2) is 4.60. The second-order valence-corrected chi connectivity index (χ2v) is 4.96. The van der Waals surface area contributed by atoms with E-state index < -0.39 is 0 Å². The van der Waals surface area contributed by atoms with E-state index in [-0.39, 0.29) is 0 Å². The standard InChI is InChI=1S/C13H20N2O/c1-2-6-13-12(5-1)14-7-8-15(13)10-11-4-3-9-16-11/h3-4,9,12-14H,1-2,5-8,10H2/t12-,13+/m0/s1. The summed E-state index contributed by atoms with van der Waals surface area (Å²) in [5, 5.41) is 3.66. The lowest BCUT2D eigenvalue weighted by atomic mass is 9.87. The van der Waals surface area contributed by atoms with E-state index in [1.165, 1.54) is 25.7 Å². The van der Waals surface area contributed by atoms with Crippen LogP contribution in [0.2, 0.25) is 0 Å². The molecule has 1 saturated heterocycles. The highest BCUT2D eigenvalue weighted by Crippen LogP contribution is 2.26. The van der Waals surface area contributed by atoms with Gasteiger partial charge in [0.1, 0.15) is 5.76 Å². The van der Waals surface area contributed by atoms with Gasteiger partial charge in [0.05, 0.1) is 12.8 Å². The molecule has 1 aromatic rings. The summed E-state index contributed by atoms with van der Waals surface area (Å²) in [4.78, 5) is 2.60. The van der Waals surface area contributed by atoms with Crippen LogP contribution in [0, 0.1) is 0 Å². The lowest BCUT2D eigenvalue weighted by Crippen LogP contribution is -2.58. The van der Waals surface area contributed by atoms with Crippen molar-refractivity contribution in [2.75, 3.05) is 13.1 Å². The first-order valence-corrected chi connectivity index (χ1v) is 6.43. The van der Waals surface area contributed by atoms with Gasteiger partial charge >= 0.3 is 0 Å². The van der Waals surface area contributed by atoms with Crippen molar-refractivity contribution in [3.8, 4) is 0 Å². The van der Waals surface area contributed by atoms with E-state index in [9.17, 15) is 0 Å². The molecule has 0 unspecified atom stereocenters. The molecule has 0 radical (unpaired) electrons. The van der Waals surface area contributed by atoms with Gasteiger partial charge in [0.15, 0.2) is 0 Å². The van der Waals surface area contributed by atoms with E-state index in [2.05, 4.69) is 16.3 Å². The van der Waals surface area contributed by atoms with Crippen molar-refractivity contribution < 1.29 is 4.42 Å². The summed E-state index contributed by atoms with van der Waals surface area (Å²) in [6, 6.07) is 5.51. The van der Waals surface area contributed by atoms with Gasteiger partial charge in [-0.15, -0.1) is 0 Å². The predicted molar refractivity (Wildman–Crippen MR) is 63.2 cm³/mol. The third-order valence-corrected chi connectivity index (χ3v) is 3.94. The zero-order valence-corrected chi connectivity index (χ0v) is 9.69. The molecule has 3 heteroatoms. The van der Waals surface area contributed by atoms with Crippen molar-refractivity contribution in [1.29, 1.82) is 0 Å². The van der Waals surface area contributed by atoms with Gasteiger partial charge in [-0.25, -0.2) is 0 Å². The maximum Gasteiger partial charge on any atom is 0.117 e. The van der Waals surface area contributed by atoms with E-state index >= 15 is 0 Å². The Balaban J connectivity index is 1.68. The van der Waals surface area contributed by atoms with Crippen LogP contribution in [0.5, 0.6) is 0 Å². The van der Waals surface area contributed by atoms with Crippen LogP contribution in [0.15, 0.2) is 22.8 Å². The van der Waals surface area contributed by atoms with Crippen LogP contribution >= 0.6 is 0 Å². The molecular weight excluding hydrogens is 200 g/mol. The average Bonchev–Trinajstić information content (AvgIpc) is 2.82. The van der Waals surface area contributed by atoms with Gasteiger partial charge in [-0.2, -0.15) is 0 Å². The van der Waals surface area contributed by atoms with Gasteiger partial charge in [-0.1, -0.05) is 12.8 Å². The van der Waals surface area contributed by atoms with E-state index in [0.29, 0.717) is 0 Å². The van der Waals surface area contributed by atoms with Crippen molar-refractivity contribution in [1.82, 2.24) is 10.2 Å². The number of hydrogen-bond donors (Lipinski definition) is 1. The van der Waals surface area contributed by atoms with Crippen LogP contribution in [-0.2, 0) is 6.54 Å². The van der Waals surface area contributed by atoms with Crippen molar-refractivity contribution >= 4 is 0 Å². The van der Waals surface area contributed by atoms with Crippen molar-refractivity contribution in [3.63, 3.8) is 0 Å². The number of rotatable bonds is 2. The maximum atomic E-state index is 5.45. The molecule has 2 atom stereocenters. The molecule has 2 fully saturated rings. The summed E-state index contributed by atoms with van der Waals surface area (Å²) in [7, 11) is 0. The maximum absolute atomic E-state index is 5.45. The minimum atomic E-state index is 0.720. The summed E-state index contributed by atoms with van der Waals surface area (Å²) in [6.45, 7) is 3.26. The molecule has 1 aliphatic heterocycles. The first kappa shape index (κ1) is 10.4. The number of hydrogen-bond acceptors (Lipinski definition) is 3. The number of fused-ring (bicyclic) bond motifs is 1. The molecule has 16 heavy (non-hydrogen) atoms. The molecule has 0 spiro atoms. The van der Waals surface area contributed by atoms with Crippen molar-refractivity contribution in [2.24, 2.45) is 0 Å². The molecule has 0 aromatic carbocycles. The molecule has 2 aliphatic rings. The van der Waals surface area contributed by atoms with E-state index in [4.69, 9.17) is 4.42 Å². The van der Waals surface area contributed by atoms with E-state index in [1.54, 1.807) is 6.26 Å². The Morgan fingerprint density at radius 1 is 1.38 bits per heavy atom. The van der Waals surface area contributed by atoms with Crippen LogP contribution in [0.25, 0.3) is 0 Å². The number of nitrogens with one attached hydrogen (secondary N) is 1. The average molecular weight is 220 g/mol. The highest BCUT2D eigenvalue weighted by Gasteiger charge is 2.32. The van der Waals surface area contributed by atoms with Gasteiger partial charge < -0.3 is 9.73 Å². The van der Waals surface area contributed by atoms with Crippen LogP contribution in [-0.4, -0.2) is 30.1 Å². The van der Waals surface area contributed by atoms with Gasteiger partial charge in [-0.3, -0.25) is 4.90 Å². The first-order chi connectivity index (χ1) is 7.93. The lowest BCUT2D eigenvalue weighted by molar-refractivity contribution is 0.0754. The molecule has 0 bridgehead atoms. The molecule has 1 aliphatic carbocycles.